The van der Waals surface area contributed by atoms with Gasteiger partial charge in [-0.1, -0.05) is 42.5 Å². The number of methoxy groups -OCH3 is 1. The van der Waals surface area contributed by atoms with Crippen LogP contribution < -0.4 is 9.46 Å². The van der Waals surface area contributed by atoms with Crippen LogP contribution in [0.15, 0.2) is 83.8 Å². The van der Waals surface area contributed by atoms with Gasteiger partial charge in [-0.3, -0.25) is 9.52 Å². The van der Waals surface area contributed by atoms with Crippen LogP contribution in [0.4, 0.5) is 5.69 Å². The van der Waals surface area contributed by atoms with Gasteiger partial charge in [0, 0.05) is 24.3 Å². The zero-order valence-electron chi connectivity index (χ0n) is 18.6. The van der Waals surface area contributed by atoms with E-state index in [-0.39, 0.29) is 10.8 Å². The van der Waals surface area contributed by atoms with Gasteiger partial charge in [-0.2, -0.15) is 0 Å². The molecular formula is C26H26N2O4S. The summed E-state index contributed by atoms with van der Waals surface area (Å²) in [7, 11) is -2.31. The highest BCUT2D eigenvalue weighted by Crippen LogP contribution is 2.25. The minimum Gasteiger partial charge on any atom is -0.497 e. The molecule has 3 aromatic rings. The van der Waals surface area contributed by atoms with E-state index in [1.807, 2.05) is 25.1 Å². The van der Waals surface area contributed by atoms with Crippen LogP contribution in [0.25, 0.3) is 5.57 Å². The van der Waals surface area contributed by atoms with E-state index in [2.05, 4.69) is 22.9 Å². The quantitative estimate of drug-likeness (QED) is 0.574. The number of ether oxygens (including phenoxy) is 1. The van der Waals surface area contributed by atoms with Crippen molar-refractivity contribution in [1.29, 1.82) is 0 Å². The molecule has 0 bridgehead atoms. The number of aryl methyl sites for hydroxylation is 1. The first-order valence-electron chi connectivity index (χ1n) is 10.7. The molecule has 33 heavy (non-hydrogen) atoms. The molecule has 0 fully saturated rings. The highest BCUT2D eigenvalue weighted by atomic mass is 32.2. The molecule has 0 aliphatic carbocycles. The van der Waals surface area contributed by atoms with Crippen molar-refractivity contribution in [1.82, 2.24) is 4.90 Å². The maximum Gasteiger partial charge on any atom is 0.261 e. The lowest BCUT2D eigenvalue weighted by atomic mass is 9.99. The number of carbonyl (C=O) groups excluding carboxylic acids is 1. The largest absolute Gasteiger partial charge is 0.497 e. The van der Waals surface area contributed by atoms with Crippen LogP contribution in [0, 0.1) is 6.92 Å². The van der Waals surface area contributed by atoms with E-state index in [9.17, 15) is 13.2 Å². The van der Waals surface area contributed by atoms with Crippen molar-refractivity contribution >= 4 is 27.2 Å². The molecule has 1 amide bonds. The lowest BCUT2D eigenvalue weighted by Gasteiger charge is -2.27. The molecule has 0 radical (unpaired) electrons. The molecule has 1 N–H and O–H groups in total. The summed E-state index contributed by atoms with van der Waals surface area (Å²) in [5, 5.41) is 0. The van der Waals surface area contributed by atoms with Crippen LogP contribution in [0.5, 0.6) is 5.75 Å². The minimum absolute atomic E-state index is 0.0461. The maximum absolute atomic E-state index is 13.2. The van der Waals surface area contributed by atoms with Crippen LogP contribution in [-0.4, -0.2) is 39.4 Å². The number of anilines is 1. The molecule has 0 atom stereocenters. The topological polar surface area (TPSA) is 75.7 Å². The van der Waals surface area contributed by atoms with Crippen LogP contribution in [0.1, 0.15) is 27.9 Å². The Morgan fingerprint density at radius 3 is 2.36 bits per heavy atom. The summed E-state index contributed by atoms with van der Waals surface area (Å²) in [6.45, 7) is 2.89. The predicted molar refractivity (Wildman–Crippen MR) is 130 cm³/mol. The van der Waals surface area contributed by atoms with Gasteiger partial charge in [0.25, 0.3) is 15.9 Å². The SMILES string of the molecule is COc1ccc(NS(=O)(=O)c2ccc(C)c(C(=O)N3CC=C(c4ccccc4)CC3)c2)cc1. The van der Waals surface area contributed by atoms with E-state index in [1.165, 1.54) is 23.3 Å². The Kier molecular flexibility index (Phi) is 6.51. The summed E-state index contributed by atoms with van der Waals surface area (Å²) in [5.74, 6) is 0.463. The third kappa shape index (κ3) is 5.09. The van der Waals surface area contributed by atoms with Gasteiger partial charge in [-0.05, 0) is 66.4 Å². The van der Waals surface area contributed by atoms with Crippen LogP contribution in [0.2, 0.25) is 0 Å². The fourth-order valence-electron chi connectivity index (χ4n) is 3.81. The Labute approximate surface area is 194 Å². The summed E-state index contributed by atoms with van der Waals surface area (Å²) < 4.78 is 33.5. The average molecular weight is 463 g/mol. The number of nitrogens with one attached hydrogen (secondary N) is 1. The van der Waals surface area contributed by atoms with Crippen molar-refractivity contribution in [2.75, 3.05) is 24.9 Å². The number of nitrogens with zero attached hydrogens (tertiary/aromatic N) is 1. The first-order chi connectivity index (χ1) is 15.9. The number of benzene rings is 3. The highest BCUT2D eigenvalue weighted by molar-refractivity contribution is 7.92. The summed E-state index contributed by atoms with van der Waals surface area (Å²) in [6.07, 6.45) is 2.82. The molecule has 3 aromatic carbocycles. The van der Waals surface area contributed by atoms with Gasteiger partial charge in [0.1, 0.15) is 5.75 Å². The molecule has 1 heterocycles. The zero-order valence-corrected chi connectivity index (χ0v) is 19.4. The third-order valence-corrected chi connectivity index (χ3v) is 7.11. The molecule has 0 saturated heterocycles. The Balaban J connectivity index is 1.53. The second kappa shape index (κ2) is 9.50. The van der Waals surface area contributed by atoms with Gasteiger partial charge < -0.3 is 9.64 Å². The molecule has 0 unspecified atom stereocenters. The fourth-order valence-corrected chi connectivity index (χ4v) is 4.89. The summed E-state index contributed by atoms with van der Waals surface area (Å²) in [6, 6.07) is 21.4. The van der Waals surface area contributed by atoms with Gasteiger partial charge in [-0.25, -0.2) is 8.42 Å². The molecule has 6 nitrogen and oxygen atoms in total. The van der Waals surface area contributed by atoms with Crippen molar-refractivity contribution in [2.45, 2.75) is 18.2 Å². The average Bonchev–Trinajstić information content (AvgIpc) is 2.84. The standard InChI is InChI=1S/C26H26N2O4S/c1-19-8-13-24(33(30,31)27-22-9-11-23(32-2)12-10-22)18-25(19)26(29)28-16-14-21(15-17-28)20-6-4-3-5-7-20/h3-14,18,27H,15-17H2,1-2H3. The maximum atomic E-state index is 13.2. The molecule has 170 valence electrons. The minimum atomic E-state index is -3.85. The molecule has 1 aliphatic rings. The number of rotatable bonds is 6. The smallest absolute Gasteiger partial charge is 0.261 e. The van der Waals surface area contributed by atoms with Crippen molar-refractivity contribution in [3.63, 3.8) is 0 Å². The van der Waals surface area contributed by atoms with Crippen molar-refractivity contribution in [2.24, 2.45) is 0 Å². The second-order valence-corrected chi connectivity index (χ2v) is 9.59. The molecule has 7 heteroatoms. The third-order valence-electron chi connectivity index (χ3n) is 5.73. The predicted octanol–water partition coefficient (Wildman–Crippen LogP) is 4.73. The van der Waals surface area contributed by atoms with Gasteiger partial charge in [0.2, 0.25) is 0 Å². The van der Waals surface area contributed by atoms with Gasteiger partial charge in [0.05, 0.1) is 12.0 Å². The van der Waals surface area contributed by atoms with Crippen LogP contribution in [0.3, 0.4) is 0 Å². The molecular weight excluding hydrogens is 436 g/mol. The molecule has 4 rings (SSSR count). The Hall–Kier alpha value is -3.58. The lowest BCUT2D eigenvalue weighted by molar-refractivity contribution is 0.0772. The summed E-state index contributed by atoms with van der Waals surface area (Å²) in [5.41, 5.74) is 3.93. The number of hydrogen-bond acceptors (Lipinski definition) is 4. The molecule has 0 saturated carbocycles. The molecule has 1 aliphatic heterocycles. The highest BCUT2D eigenvalue weighted by Gasteiger charge is 2.23. The Morgan fingerprint density at radius 1 is 1.00 bits per heavy atom. The first kappa shape index (κ1) is 22.6. The van der Waals surface area contributed by atoms with E-state index >= 15 is 0 Å². The zero-order chi connectivity index (χ0) is 23.4. The normalized spacial score (nSPS) is 13.9. The van der Waals surface area contributed by atoms with Crippen molar-refractivity contribution in [3.05, 3.63) is 95.6 Å². The summed E-state index contributed by atoms with van der Waals surface area (Å²) >= 11 is 0. The Bertz CT molecular complexity index is 1280. The molecule has 0 aromatic heterocycles. The van der Waals surface area contributed by atoms with Crippen LogP contribution in [-0.2, 0) is 10.0 Å². The monoisotopic (exact) mass is 462 g/mol. The van der Waals surface area contributed by atoms with Crippen molar-refractivity contribution < 1.29 is 17.9 Å². The number of hydrogen-bond donors (Lipinski definition) is 1. The van der Waals surface area contributed by atoms with Crippen LogP contribution >= 0.6 is 0 Å². The van der Waals surface area contributed by atoms with Crippen molar-refractivity contribution in [3.8, 4) is 5.75 Å². The van der Waals surface area contributed by atoms with E-state index in [4.69, 9.17) is 4.74 Å². The first-order valence-corrected chi connectivity index (χ1v) is 12.2. The second-order valence-electron chi connectivity index (χ2n) is 7.91. The lowest BCUT2D eigenvalue weighted by Crippen LogP contribution is -2.35. The fraction of sp³-hybridized carbons (Fsp3) is 0.192. The number of amides is 1. The van der Waals surface area contributed by atoms with Gasteiger partial charge in [-0.15, -0.1) is 0 Å². The molecule has 0 spiro atoms. The number of carbonyl (C=O) groups is 1. The van der Waals surface area contributed by atoms with E-state index in [1.54, 1.807) is 42.3 Å². The van der Waals surface area contributed by atoms with E-state index < -0.39 is 10.0 Å². The number of sulfonamides is 1. The summed E-state index contributed by atoms with van der Waals surface area (Å²) in [4.78, 5) is 15.0. The van der Waals surface area contributed by atoms with E-state index in [0.29, 0.717) is 30.1 Å². The van der Waals surface area contributed by atoms with E-state index in [0.717, 1.165) is 12.0 Å². The Morgan fingerprint density at radius 2 is 1.73 bits per heavy atom. The van der Waals surface area contributed by atoms with Gasteiger partial charge in [0.15, 0.2) is 0 Å². The van der Waals surface area contributed by atoms with Gasteiger partial charge >= 0.3 is 0 Å².